The molecule has 0 bridgehead atoms. The number of benzene rings is 1. The summed E-state index contributed by atoms with van der Waals surface area (Å²) in [6.45, 7) is 0. The molecule has 2 N–H and O–H groups in total. The molecule has 0 amide bonds. The van der Waals surface area contributed by atoms with Gasteiger partial charge in [-0.1, -0.05) is 40.2 Å². The van der Waals surface area contributed by atoms with E-state index in [2.05, 4.69) is 20.9 Å². The molecule has 1 aromatic heterocycles. The molecule has 0 atom stereocenters. The van der Waals surface area contributed by atoms with E-state index in [1.807, 2.05) is 30.4 Å². The van der Waals surface area contributed by atoms with Crippen molar-refractivity contribution in [1.29, 1.82) is 0 Å². The molecular weight excluding hydrogens is 435 g/mol. The predicted octanol–water partition coefficient (Wildman–Crippen LogP) is 5.02. The molecule has 2 rings (SSSR count). The monoisotopic (exact) mass is 449 g/mol. The first-order valence-corrected chi connectivity index (χ1v) is 10.7. The van der Waals surface area contributed by atoms with Crippen LogP contribution in [0.25, 0.3) is 6.08 Å². The maximum Gasteiger partial charge on any atom is 0.399 e. The average Bonchev–Trinajstić information content (AvgIpc) is 2.54. The van der Waals surface area contributed by atoms with E-state index >= 15 is 0 Å². The number of thioether (sulfide) groups is 1. The van der Waals surface area contributed by atoms with Crippen LogP contribution in [0.3, 0.4) is 0 Å². The van der Waals surface area contributed by atoms with Crippen molar-refractivity contribution in [3.8, 4) is 0 Å². The van der Waals surface area contributed by atoms with Gasteiger partial charge in [0, 0.05) is 27.7 Å². The second-order valence-corrected chi connectivity index (χ2v) is 8.61. The number of pyridine rings is 1. The summed E-state index contributed by atoms with van der Waals surface area (Å²) in [4.78, 5) is 21.8. The van der Waals surface area contributed by atoms with Crippen molar-refractivity contribution in [2.24, 2.45) is 0 Å². The van der Waals surface area contributed by atoms with Crippen molar-refractivity contribution < 1.29 is 23.1 Å². The molecule has 4 nitrogen and oxygen atoms in total. The first-order valence-electron chi connectivity index (χ1n) is 7.09. The fourth-order valence-corrected chi connectivity index (χ4v) is 4.04. The van der Waals surface area contributed by atoms with Crippen molar-refractivity contribution in [3.63, 3.8) is 0 Å². The average molecular weight is 450 g/mol. The lowest BCUT2D eigenvalue weighted by atomic mass is 10.1. The summed E-state index contributed by atoms with van der Waals surface area (Å²) >= 11 is 4.55. The molecule has 2 aromatic rings. The number of hydrogen-bond donors (Lipinski definition) is 2. The quantitative estimate of drug-likeness (QED) is 0.458. The highest BCUT2D eigenvalue weighted by Crippen LogP contribution is 2.60. The number of nitrogens with zero attached hydrogens (tertiary/aromatic N) is 1. The number of halogens is 3. The van der Waals surface area contributed by atoms with Gasteiger partial charge in [-0.2, -0.15) is 20.5 Å². The molecular formula is C16H15BrF2NO3PS. The fourth-order valence-electron chi connectivity index (χ4n) is 1.94. The summed E-state index contributed by atoms with van der Waals surface area (Å²) in [6, 6.07) is 9.56. The Morgan fingerprint density at radius 1 is 1.28 bits per heavy atom. The summed E-state index contributed by atoms with van der Waals surface area (Å²) in [5.74, 6) is 1.29. The van der Waals surface area contributed by atoms with Gasteiger partial charge in [-0.3, -0.25) is 9.55 Å². The van der Waals surface area contributed by atoms with Gasteiger partial charge < -0.3 is 9.79 Å². The Morgan fingerprint density at radius 2 is 2.04 bits per heavy atom. The van der Waals surface area contributed by atoms with Crippen LogP contribution < -0.4 is 0 Å². The van der Waals surface area contributed by atoms with Crippen molar-refractivity contribution in [1.82, 2.24) is 4.98 Å². The smallest absolute Gasteiger partial charge is 0.320 e. The van der Waals surface area contributed by atoms with Gasteiger partial charge in [-0.15, -0.1) is 0 Å². The van der Waals surface area contributed by atoms with Crippen LogP contribution in [0.2, 0.25) is 0 Å². The van der Waals surface area contributed by atoms with Gasteiger partial charge in [0.25, 0.3) is 0 Å². The molecule has 0 unspecified atom stereocenters. The minimum atomic E-state index is -5.58. The number of alkyl halides is 2. The van der Waals surface area contributed by atoms with Crippen LogP contribution in [0, 0.1) is 0 Å². The maximum atomic E-state index is 13.8. The Bertz CT molecular complexity index is 799. The molecule has 9 heteroatoms. The summed E-state index contributed by atoms with van der Waals surface area (Å²) in [5.41, 5.74) is -3.31. The highest BCUT2D eigenvalue weighted by atomic mass is 79.9. The lowest BCUT2D eigenvalue weighted by molar-refractivity contribution is 0.0557. The molecule has 0 radical (unpaired) electrons. The highest BCUT2D eigenvalue weighted by Gasteiger charge is 2.51. The molecule has 0 spiro atoms. The zero-order chi connectivity index (χ0) is 18.5. The first kappa shape index (κ1) is 20.3. The fraction of sp³-hybridized carbons (Fsp3) is 0.188. The Balaban J connectivity index is 1.95. The highest BCUT2D eigenvalue weighted by molar-refractivity contribution is 9.10. The Hall–Kier alpha value is -1.05. The van der Waals surface area contributed by atoms with Gasteiger partial charge in [0.2, 0.25) is 0 Å². The third-order valence-corrected chi connectivity index (χ3v) is 5.78. The third kappa shape index (κ3) is 5.46. The second-order valence-electron chi connectivity index (χ2n) is 5.07. The van der Waals surface area contributed by atoms with E-state index in [-0.39, 0.29) is 4.47 Å². The third-order valence-electron chi connectivity index (χ3n) is 3.18. The second kappa shape index (κ2) is 8.56. The molecule has 134 valence electrons. The molecule has 0 aliphatic carbocycles. The van der Waals surface area contributed by atoms with Crippen LogP contribution in [0.15, 0.2) is 53.1 Å². The predicted molar refractivity (Wildman–Crippen MR) is 99.5 cm³/mol. The topological polar surface area (TPSA) is 70.4 Å². The normalized spacial score (nSPS) is 12.7. The van der Waals surface area contributed by atoms with Crippen LogP contribution in [-0.2, 0) is 16.0 Å². The van der Waals surface area contributed by atoms with Crippen LogP contribution in [-0.4, -0.2) is 20.5 Å². The lowest BCUT2D eigenvalue weighted by Crippen LogP contribution is -2.14. The molecule has 1 aromatic carbocycles. The maximum absolute atomic E-state index is 13.8. The standard InChI is InChI=1S/C16H15BrF2NO3PS/c17-15-10-12(6-7-14(15)16(18,19)24(21,22)23)11-25-9-3-5-13-4-1-2-8-20-13/h1-8,10H,9,11H2,(H2,21,22,23)/b5-3+. The number of rotatable bonds is 7. The molecule has 0 saturated heterocycles. The van der Waals surface area contributed by atoms with Crippen LogP contribution in [0.4, 0.5) is 8.78 Å². The van der Waals surface area contributed by atoms with E-state index in [4.69, 9.17) is 9.79 Å². The minimum Gasteiger partial charge on any atom is -0.320 e. The van der Waals surface area contributed by atoms with Crippen molar-refractivity contribution in [2.75, 3.05) is 5.75 Å². The largest absolute Gasteiger partial charge is 0.399 e. The van der Waals surface area contributed by atoms with E-state index in [9.17, 15) is 13.3 Å². The SMILES string of the molecule is O=P(O)(O)C(F)(F)c1ccc(CSC/C=C/c2ccccn2)cc1Br. The molecule has 0 fully saturated rings. The molecule has 25 heavy (non-hydrogen) atoms. The van der Waals surface area contributed by atoms with Gasteiger partial charge >= 0.3 is 13.3 Å². The molecule has 1 heterocycles. The summed E-state index contributed by atoms with van der Waals surface area (Å²) in [7, 11) is -5.58. The van der Waals surface area contributed by atoms with E-state index in [0.717, 1.165) is 17.3 Å². The first-order chi connectivity index (χ1) is 11.7. The minimum absolute atomic E-state index is 0.0250. The van der Waals surface area contributed by atoms with E-state index in [0.29, 0.717) is 11.5 Å². The molecule has 0 aliphatic rings. The van der Waals surface area contributed by atoms with Gasteiger partial charge in [0.15, 0.2) is 0 Å². The summed E-state index contributed by atoms with van der Waals surface area (Å²) in [6.07, 6.45) is 5.56. The van der Waals surface area contributed by atoms with Crippen LogP contribution in [0.1, 0.15) is 16.8 Å². The van der Waals surface area contributed by atoms with Crippen molar-refractivity contribution in [3.05, 3.63) is 70.0 Å². The van der Waals surface area contributed by atoms with E-state index in [1.165, 1.54) is 12.1 Å². The zero-order valence-corrected chi connectivity index (χ0v) is 16.1. The summed E-state index contributed by atoms with van der Waals surface area (Å²) in [5, 5.41) is 0. The number of aromatic nitrogens is 1. The van der Waals surface area contributed by atoms with Gasteiger partial charge in [-0.05, 0) is 29.8 Å². The van der Waals surface area contributed by atoms with Crippen molar-refractivity contribution in [2.45, 2.75) is 11.4 Å². The van der Waals surface area contributed by atoms with Gasteiger partial charge in [-0.25, -0.2) is 0 Å². The Kier molecular flexibility index (Phi) is 6.93. The number of hydrogen-bond acceptors (Lipinski definition) is 3. The Labute approximate surface area is 156 Å². The van der Waals surface area contributed by atoms with Gasteiger partial charge in [0.1, 0.15) is 0 Å². The van der Waals surface area contributed by atoms with Gasteiger partial charge in [0.05, 0.1) is 5.69 Å². The van der Waals surface area contributed by atoms with Crippen LogP contribution >= 0.6 is 35.3 Å². The molecule has 0 aliphatic heterocycles. The van der Waals surface area contributed by atoms with Crippen molar-refractivity contribution >= 4 is 41.4 Å². The van der Waals surface area contributed by atoms with E-state index < -0.39 is 18.8 Å². The molecule has 0 saturated carbocycles. The van der Waals surface area contributed by atoms with Crippen LogP contribution in [0.5, 0.6) is 0 Å². The summed E-state index contributed by atoms with van der Waals surface area (Å²) < 4.78 is 38.4. The Morgan fingerprint density at radius 3 is 2.64 bits per heavy atom. The lowest BCUT2D eigenvalue weighted by Gasteiger charge is -2.19. The zero-order valence-electron chi connectivity index (χ0n) is 12.8. The van der Waals surface area contributed by atoms with E-state index in [1.54, 1.807) is 18.0 Å².